The Bertz CT molecular complexity index is 57.3. The zero-order chi connectivity index (χ0) is 6.62. The highest BCUT2D eigenvalue weighted by Gasteiger charge is 2.28. The molecule has 0 bridgehead atoms. The summed E-state index contributed by atoms with van der Waals surface area (Å²) in [6.45, 7) is 0. The Morgan fingerprint density at radius 1 is 1.00 bits per heavy atom. The molecule has 0 aliphatic carbocycles. The maximum atomic E-state index is 4.93. The van der Waals surface area contributed by atoms with Gasteiger partial charge in [-0.15, -0.1) is 0 Å². The van der Waals surface area contributed by atoms with Crippen LogP contribution in [0.25, 0.3) is 0 Å². The summed E-state index contributed by atoms with van der Waals surface area (Å²) in [7, 11) is 4.40. The quantitative estimate of drug-likeness (QED) is 0.463. The molecule has 0 saturated heterocycles. The summed E-state index contributed by atoms with van der Waals surface area (Å²) in [6, 6.07) is 0. The number of rotatable bonds is 3. The van der Waals surface area contributed by atoms with Gasteiger partial charge in [-0.2, -0.15) is 0 Å². The van der Waals surface area contributed by atoms with Crippen LogP contribution in [0.5, 0.6) is 0 Å². The van der Waals surface area contributed by atoms with Crippen LogP contribution in [0.1, 0.15) is 0 Å². The van der Waals surface area contributed by atoms with Gasteiger partial charge < -0.3 is 13.3 Å². The monoisotopic (exact) mass is 134 g/mol. The minimum Gasteiger partial charge on any atom is -0.383 e. The van der Waals surface area contributed by atoms with Crippen molar-refractivity contribution < 1.29 is 13.3 Å². The van der Waals surface area contributed by atoms with E-state index in [0.29, 0.717) is 0 Å². The SMILES string of the molecule is B[Si](OC)(OC)OC. The third kappa shape index (κ3) is 1.96. The van der Waals surface area contributed by atoms with E-state index in [-0.39, 0.29) is 0 Å². The summed E-state index contributed by atoms with van der Waals surface area (Å²) >= 11 is 0. The molecule has 0 rings (SSSR count). The van der Waals surface area contributed by atoms with Crippen molar-refractivity contribution in [2.75, 3.05) is 21.3 Å². The van der Waals surface area contributed by atoms with Gasteiger partial charge in [0.25, 0.3) is 0 Å². The lowest BCUT2D eigenvalue weighted by Gasteiger charge is -2.19. The van der Waals surface area contributed by atoms with Crippen LogP contribution in [-0.4, -0.2) is 37.4 Å². The van der Waals surface area contributed by atoms with Crippen LogP contribution in [0.2, 0.25) is 0 Å². The maximum absolute atomic E-state index is 4.93. The lowest BCUT2D eigenvalue weighted by atomic mass is 10.8. The topological polar surface area (TPSA) is 27.7 Å². The highest BCUT2D eigenvalue weighted by molar-refractivity contribution is 7.05. The first-order chi connectivity index (χ1) is 3.68. The van der Waals surface area contributed by atoms with Gasteiger partial charge in [0, 0.05) is 21.3 Å². The van der Waals surface area contributed by atoms with Crippen molar-refractivity contribution in [2.45, 2.75) is 0 Å². The summed E-state index contributed by atoms with van der Waals surface area (Å²) in [5, 5.41) is 0. The van der Waals surface area contributed by atoms with E-state index < -0.39 is 8.67 Å². The van der Waals surface area contributed by atoms with Crippen molar-refractivity contribution in [1.82, 2.24) is 0 Å². The molecule has 8 heavy (non-hydrogen) atoms. The second-order valence-corrected chi connectivity index (χ2v) is 4.42. The fraction of sp³-hybridized carbons (Fsp3) is 1.00. The van der Waals surface area contributed by atoms with Gasteiger partial charge in [0.2, 0.25) is 7.44 Å². The molecule has 0 saturated carbocycles. The smallest absolute Gasteiger partial charge is 0.383 e. The molecule has 0 aromatic heterocycles. The molecule has 0 atom stereocenters. The lowest BCUT2D eigenvalue weighted by Crippen LogP contribution is -2.43. The Kier molecular flexibility index (Phi) is 3.31. The van der Waals surface area contributed by atoms with E-state index in [9.17, 15) is 0 Å². The minimum absolute atomic E-state index is 1.58. The zero-order valence-electron chi connectivity index (χ0n) is 5.72. The molecule has 48 valence electrons. The molecule has 0 aromatic rings. The van der Waals surface area contributed by atoms with E-state index >= 15 is 0 Å². The average Bonchev–Trinajstić information content (AvgIpc) is 1.87. The fourth-order valence-corrected chi connectivity index (χ4v) is 0.750. The zero-order valence-corrected chi connectivity index (χ0v) is 6.72. The molecule has 0 fully saturated rings. The molecule has 5 heteroatoms. The fourth-order valence-electron chi connectivity index (χ4n) is 0.250. The van der Waals surface area contributed by atoms with E-state index in [0.717, 1.165) is 0 Å². The summed E-state index contributed by atoms with van der Waals surface area (Å²) in [5.41, 5.74) is 0. The van der Waals surface area contributed by atoms with E-state index in [1.54, 1.807) is 21.3 Å². The van der Waals surface area contributed by atoms with Crippen molar-refractivity contribution >= 4 is 16.1 Å². The molecule has 0 unspecified atom stereocenters. The molecule has 0 aliphatic rings. The molecule has 0 radical (unpaired) electrons. The Morgan fingerprint density at radius 2 is 1.25 bits per heavy atom. The molecule has 3 nitrogen and oxygen atoms in total. The van der Waals surface area contributed by atoms with Crippen LogP contribution in [0, 0.1) is 0 Å². The first-order valence-electron chi connectivity index (χ1n) is 2.34. The van der Waals surface area contributed by atoms with E-state index in [4.69, 9.17) is 13.3 Å². The van der Waals surface area contributed by atoms with Gasteiger partial charge in [-0.3, -0.25) is 0 Å². The van der Waals surface area contributed by atoms with E-state index in [1.807, 2.05) is 7.44 Å². The molecular formula is C3H11BO3Si. The van der Waals surface area contributed by atoms with Crippen LogP contribution in [0.4, 0.5) is 0 Å². The van der Waals surface area contributed by atoms with Crippen LogP contribution in [0.3, 0.4) is 0 Å². The number of hydrogen-bond acceptors (Lipinski definition) is 3. The molecular weight excluding hydrogens is 123 g/mol. The largest absolute Gasteiger partial charge is 0.436 e. The van der Waals surface area contributed by atoms with Gasteiger partial charge in [0.1, 0.15) is 0 Å². The highest BCUT2D eigenvalue weighted by Crippen LogP contribution is 1.96. The molecule has 0 amide bonds. The molecule has 0 aliphatic heterocycles. The first-order valence-corrected chi connectivity index (χ1v) is 4.56. The van der Waals surface area contributed by atoms with Crippen LogP contribution in [-0.2, 0) is 13.3 Å². The Morgan fingerprint density at radius 3 is 1.25 bits per heavy atom. The van der Waals surface area contributed by atoms with Gasteiger partial charge in [-0.25, -0.2) is 0 Å². The van der Waals surface area contributed by atoms with Gasteiger partial charge in [0.15, 0.2) is 0 Å². The standard InChI is InChI=1S/C3H11BO3Si/c1-5-8(4,6-2)7-3/h4H2,1-3H3. The van der Waals surface area contributed by atoms with E-state index in [1.165, 1.54) is 0 Å². The normalized spacial score (nSPS) is 11.9. The third-order valence-electron chi connectivity index (χ3n) is 1.11. The Labute approximate surface area is 51.7 Å². The van der Waals surface area contributed by atoms with Crippen molar-refractivity contribution in [3.05, 3.63) is 0 Å². The average molecular weight is 134 g/mol. The lowest BCUT2D eigenvalue weighted by molar-refractivity contribution is 0.149. The summed E-state index contributed by atoms with van der Waals surface area (Å²) in [6.07, 6.45) is 0. The molecule has 0 N–H and O–H groups in total. The van der Waals surface area contributed by atoms with Crippen molar-refractivity contribution in [1.29, 1.82) is 0 Å². The minimum atomic E-state index is -2.17. The summed E-state index contributed by atoms with van der Waals surface area (Å²) in [4.78, 5) is 0. The molecule has 0 heterocycles. The van der Waals surface area contributed by atoms with Crippen LogP contribution >= 0.6 is 0 Å². The van der Waals surface area contributed by atoms with Crippen molar-refractivity contribution in [2.24, 2.45) is 0 Å². The Balaban J connectivity index is 3.58. The Hall–Kier alpha value is 0.162. The maximum Gasteiger partial charge on any atom is 0.436 e. The second kappa shape index (κ2) is 3.24. The molecule has 0 spiro atoms. The molecule has 0 aromatic carbocycles. The first kappa shape index (κ1) is 8.16. The summed E-state index contributed by atoms with van der Waals surface area (Å²) in [5.74, 6) is 0. The van der Waals surface area contributed by atoms with Crippen molar-refractivity contribution in [3.63, 3.8) is 0 Å². The predicted molar refractivity (Wildman–Crippen MR) is 35.3 cm³/mol. The predicted octanol–water partition coefficient (Wildman–Crippen LogP) is -1.01. The highest BCUT2D eigenvalue weighted by atomic mass is 28.4. The van der Waals surface area contributed by atoms with Gasteiger partial charge in [-0.05, 0) is 0 Å². The summed E-state index contributed by atoms with van der Waals surface area (Å²) < 4.78 is 14.8. The van der Waals surface area contributed by atoms with Gasteiger partial charge in [-0.1, -0.05) is 0 Å². The van der Waals surface area contributed by atoms with Crippen LogP contribution in [0.15, 0.2) is 0 Å². The van der Waals surface area contributed by atoms with Crippen LogP contribution < -0.4 is 0 Å². The second-order valence-electron chi connectivity index (χ2n) is 1.47. The van der Waals surface area contributed by atoms with Gasteiger partial charge in [0.05, 0.1) is 0 Å². The number of hydrogen-bond donors (Lipinski definition) is 0. The van der Waals surface area contributed by atoms with Gasteiger partial charge >= 0.3 is 8.67 Å². The van der Waals surface area contributed by atoms with E-state index in [2.05, 4.69) is 0 Å². The third-order valence-corrected chi connectivity index (χ3v) is 3.34. The van der Waals surface area contributed by atoms with Crippen molar-refractivity contribution in [3.8, 4) is 0 Å².